The second-order valence-corrected chi connectivity index (χ2v) is 8.39. The lowest BCUT2D eigenvalue weighted by Gasteiger charge is -2.20. The fourth-order valence-electron chi connectivity index (χ4n) is 1.58. The van der Waals surface area contributed by atoms with Crippen LogP contribution >= 0.6 is 11.3 Å². The summed E-state index contributed by atoms with van der Waals surface area (Å²) in [4.78, 5) is 22.9. The van der Waals surface area contributed by atoms with E-state index >= 15 is 0 Å². The molecule has 21 heavy (non-hydrogen) atoms. The highest BCUT2D eigenvalue weighted by Crippen LogP contribution is 2.32. The molecule has 0 radical (unpaired) electrons. The Hall–Kier alpha value is -1.41. The van der Waals surface area contributed by atoms with Crippen LogP contribution in [0.2, 0.25) is 0 Å². The lowest BCUT2D eigenvalue weighted by Crippen LogP contribution is -2.27. The van der Waals surface area contributed by atoms with Gasteiger partial charge in [-0.15, -0.1) is 11.3 Å². The van der Waals surface area contributed by atoms with E-state index in [0.717, 1.165) is 11.3 Å². The molecule has 6 nitrogen and oxygen atoms in total. The molecule has 1 rings (SSSR count). The van der Waals surface area contributed by atoms with E-state index in [1.807, 2.05) is 0 Å². The summed E-state index contributed by atoms with van der Waals surface area (Å²) in [5.74, 6) is -0.0506. The lowest BCUT2D eigenvalue weighted by atomic mass is 10.2. The first-order valence-corrected chi connectivity index (χ1v) is 8.93. The third-order valence-electron chi connectivity index (χ3n) is 2.33. The number of thiophene rings is 1. The molecule has 0 spiro atoms. The van der Waals surface area contributed by atoms with Crippen molar-refractivity contribution < 1.29 is 22.7 Å². The Labute approximate surface area is 128 Å². The molecule has 1 aromatic rings. The third-order valence-corrected chi connectivity index (χ3v) is 5.32. The van der Waals surface area contributed by atoms with E-state index in [0.29, 0.717) is 12.7 Å². The fraction of sp³-hybridized carbons (Fsp3) is 0.538. The number of carbonyl (C=O) groups excluding carboxylic acids is 2. The summed E-state index contributed by atoms with van der Waals surface area (Å²) >= 11 is 0.971. The van der Waals surface area contributed by atoms with E-state index in [1.54, 1.807) is 27.7 Å². The Balaban J connectivity index is 3.14. The topological polar surface area (TPSA) is 89.5 Å². The molecule has 0 aliphatic carbocycles. The summed E-state index contributed by atoms with van der Waals surface area (Å²) < 4.78 is 29.4. The number of rotatable bonds is 5. The number of hydrogen-bond acceptors (Lipinski definition) is 6. The number of anilines is 1. The van der Waals surface area contributed by atoms with E-state index in [1.165, 1.54) is 5.38 Å². The zero-order valence-corrected chi connectivity index (χ0v) is 14.1. The maximum absolute atomic E-state index is 12.1. The van der Waals surface area contributed by atoms with Gasteiger partial charge in [0.15, 0.2) is 16.1 Å². The van der Waals surface area contributed by atoms with Gasteiger partial charge >= 0.3 is 6.09 Å². The number of ether oxygens (including phenoxy) is 1. The van der Waals surface area contributed by atoms with Crippen LogP contribution in [0.4, 0.5) is 10.5 Å². The predicted molar refractivity (Wildman–Crippen MR) is 81.9 cm³/mol. The summed E-state index contributed by atoms with van der Waals surface area (Å²) in [6.45, 7) is 6.81. The average molecular weight is 333 g/mol. The van der Waals surface area contributed by atoms with Gasteiger partial charge in [-0.25, -0.2) is 13.2 Å². The Morgan fingerprint density at radius 3 is 2.52 bits per heavy atom. The van der Waals surface area contributed by atoms with Crippen molar-refractivity contribution in [3.05, 3.63) is 10.3 Å². The second-order valence-electron chi connectivity index (χ2n) is 5.40. The molecular weight excluding hydrogens is 314 g/mol. The van der Waals surface area contributed by atoms with Gasteiger partial charge in [0, 0.05) is 5.38 Å². The molecule has 0 aliphatic heterocycles. The molecule has 1 heterocycles. The molecule has 1 aromatic heterocycles. The molecule has 0 aromatic carbocycles. The van der Waals surface area contributed by atoms with Gasteiger partial charge in [0.25, 0.3) is 0 Å². The van der Waals surface area contributed by atoms with Crippen molar-refractivity contribution in [2.45, 2.75) is 44.6 Å². The van der Waals surface area contributed by atoms with Gasteiger partial charge in [-0.05, 0) is 27.2 Å². The molecule has 1 amide bonds. The lowest BCUT2D eigenvalue weighted by molar-refractivity contribution is 0.0635. The molecule has 0 bridgehead atoms. The highest BCUT2D eigenvalue weighted by Gasteiger charge is 2.25. The highest BCUT2D eigenvalue weighted by molar-refractivity contribution is 7.91. The van der Waals surface area contributed by atoms with E-state index in [4.69, 9.17) is 4.74 Å². The number of hydrogen-bond donors (Lipinski definition) is 1. The first-order valence-electron chi connectivity index (χ1n) is 6.40. The Bertz CT molecular complexity index is 625. The highest BCUT2D eigenvalue weighted by atomic mass is 32.2. The zero-order valence-electron chi connectivity index (χ0n) is 12.4. The van der Waals surface area contributed by atoms with Crippen molar-refractivity contribution in [1.82, 2.24) is 0 Å². The molecule has 1 N–H and O–H groups in total. The number of amides is 1. The third kappa shape index (κ3) is 4.82. The van der Waals surface area contributed by atoms with Crippen molar-refractivity contribution in [3.8, 4) is 0 Å². The van der Waals surface area contributed by atoms with Gasteiger partial charge in [0.05, 0.1) is 16.3 Å². The Kier molecular flexibility index (Phi) is 5.52. The van der Waals surface area contributed by atoms with E-state index in [9.17, 15) is 18.0 Å². The van der Waals surface area contributed by atoms with Crippen LogP contribution in [0.1, 0.15) is 43.8 Å². The second kappa shape index (κ2) is 6.57. The molecule has 8 heteroatoms. The minimum absolute atomic E-state index is 0.00213. The van der Waals surface area contributed by atoms with Crippen LogP contribution in [0.3, 0.4) is 0 Å². The zero-order chi connectivity index (χ0) is 16.3. The van der Waals surface area contributed by atoms with Crippen molar-refractivity contribution >= 4 is 39.2 Å². The van der Waals surface area contributed by atoms with Gasteiger partial charge in [-0.1, -0.05) is 6.92 Å². The summed E-state index contributed by atoms with van der Waals surface area (Å²) in [7, 11) is -3.54. The minimum Gasteiger partial charge on any atom is -0.444 e. The smallest absolute Gasteiger partial charge is 0.412 e. The summed E-state index contributed by atoms with van der Waals surface area (Å²) in [5.41, 5.74) is -0.720. The van der Waals surface area contributed by atoms with Crippen LogP contribution in [0.25, 0.3) is 0 Å². The maximum Gasteiger partial charge on any atom is 0.412 e. The SMILES string of the molecule is CCCS(=O)(=O)c1csc(C=O)c1NC(=O)OC(C)(C)C. The normalized spacial score (nSPS) is 12.0. The molecule has 118 valence electrons. The maximum atomic E-state index is 12.1. The van der Waals surface area contributed by atoms with Crippen molar-refractivity contribution in [2.24, 2.45) is 0 Å². The molecular formula is C13H19NO5S2. The first kappa shape index (κ1) is 17.6. The van der Waals surface area contributed by atoms with Crippen molar-refractivity contribution in [2.75, 3.05) is 11.1 Å². The summed E-state index contributed by atoms with van der Waals surface area (Å²) in [5, 5.41) is 3.73. The van der Waals surface area contributed by atoms with Gasteiger partial charge in [0.1, 0.15) is 10.5 Å². The first-order chi connectivity index (χ1) is 9.60. The number of sulfone groups is 1. The van der Waals surface area contributed by atoms with E-state index < -0.39 is 21.5 Å². The van der Waals surface area contributed by atoms with Crippen molar-refractivity contribution in [3.63, 3.8) is 0 Å². The molecule has 0 unspecified atom stereocenters. The Morgan fingerprint density at radius 1 is 1.43 bits per heavy atom. The van der Waals surface area contributed by atoms with E-state index in [2.05, 4.69) is 5.32 Å². The van der Waals surface area contributed by atoms with Gasteiger partial charge in [0.2, 0.25) is 0 Å². The molecule has 0 saturated carbocycles. The molecule has 0 atom stereocenters. The predicted octanol–water partition coefficient (Wildman–Crippen LogP) is 3.09. The van der Waals surface area contributed by atoms with Gasteiger partial charge in [-0.2, -0.15) is 0 Å². The summed E-state index contributed by atoms with van der Waals surface area (Å²) in [6, 6.07) is 0. The van der Waals surface area contributed by atoms with Crippen LogP contribution in [0.5, 0.6) is 0 Å². The minimum atomic E-state index is -3.54. The van der Waals surface area contributed by atoms with Crippen LogP contribution in [-0.4, -0.2) is 32.2 Å². The molecule has 0 aliphatic rings. The average Bonchev–Trinajstić information content (AvgIpc) is 2.69. The van der Waals surface area contributed by atoms with Crippen LogP contribution in [0.15, 0.2) is 10.3 Å². The van der Waals surface area contributed by atoms with Crippen LogP contribution < -0.4 is 5.32 Å². The van der Waals surface area contributed by atoms with E-state index in [-0.39, 0.29) is 21.2 Å². The quantitative estimate of drug-likeness (QED) is 0.836. The Morgan fingerprint density at radius 2 is 2.05 bits per heavy atom. The number of nitrogens with one attached hydrogen (secondary N) is 1. The molecule has 0 fully saturated rings. The standard InChI is InChI=1S/C13H19NO5S2/c1-5-6-21(17,18)10-8-20-9(7-15)11(10)14-12(16)19-13(2,3)4/h7-8H,5-6H2,1-4H3,(H,14,16). The van der Waals surface area contributed by atoms with Gasteiger partial charge < -0.3 is 4.74 Å². The number of carbonyl (C=O) groups is 2. The fourth-order valence-corrected chi connectivity index (χ4v) is 4.29. The van der Waals surface area contributed by atoms with Crippen LogP contribution in [-0.2, 0) is 14.6 Å². The largest absolute Gasteiger partial charge is 0.444 e. The van der Waals surface area contributed by atoms with Crippen LogP contribution in [0, 0.1) is 0 Å². The molecule has 0 saturated heterocycles. The summed E-state index contributed by atoms with van der Waals surface area (Å²) in [6.07, 6.45) is 0.167. The number of aldehydes is 1. The van der Waals surface area contributed by atoms with Gasteiger partial charge in [-0.3, -0.25) is 10.1 Å². The van der Waals surface area contributed by atoms with Crippen molar-refractivity contribution in [1.29, 1.82) is 0 Å². The monoisotopic (exact) mass is 333 g/mol.